The summed E-state index contributed by atoms with van der Waals surface area (Å²) in [5.74, 6) is 0. The van der Waals surface area contributed by atoms with Gasteiger partial charge in [-0.2, -0.15) is 0 Å². The van der Waals surface area contributed by atoms with Gasteiger partial charge in [0.05, 0.1) is 0 Å². The maximum atomic E-state index is 10.6. The number of hydrogen-bond donors (Lipinski definition) is 0. The maximum absolute atomic E-state index is 10.6. The van der Waals surface area contributed by atoms with Crippen molar-refractivity contribution in [2.45, 2.75) is 58.5 Å². The van der Waals surface area contributed by atoms with E-state index in [1.807, 2.05) is 0 Å². The molecule has 0 aliphatic carbocycles. The Morgan fingerprint density at radius 3 is 2.36 bits per heavy atom. The Kier molecular flexibility index (Phi) is 9.42. The minimum Gasteiger partial charge on any atom is -0.369 e. The van der Waals surface area contributed by atoms with Gasteiger partial charge in [-0.15, -0.1) is 0 Å². The fourth-order valence-electron chi connectivity index (χ4n) is 1.21. The highest BCUT2D eigenvalue weighted by atomic mass is 35.5. The van der Waals surface area contributed by atoms with Crippen molar-refractivity contribution in [1.82, 2.24) is 0 Å². The summed E-state index contributed by atoms with van der Waals surface area (Å²) in [6, 6.07) is 0. The summed E-state index contributed by atoms with van der Waals surface area (Å²) in [6.45, 7) is 4.54. The molecule has 1 atom stereocenters. The SMILES string of the molecule is CCCCCCCCO[C@@H](C)C(=O)Cl. The highest BCUT2D eigenvalue weighted by molar-refractivity contribution is 6.64. The highest BCUT2D eigenvalue weighted by Crippen LogP contribution is 2.06. The van der Waals surface area contributed by atoms with Crippen molar-refractivity contribution in [1.29, 1.82) is 0 Å². The molecule has 0 aliphatic rings. The molecule has 0 saturated carbocycles. The van der Waals surface area contributed by atoms with E-state index in [-0.39, 0.29) is 0 Å². The number of unbranched alkanes of at least 4 members (excludes halogenated alkanes) is 5. The van der Waals surface area contributed by atoms with E-state index < -0.39 is 11.3 Å². The third kappa shape index (κ3) is 8.52. The van der Waals surface area contributed by atoms with Gasteiger partial charge in [0.1, 0.15) is 6.10 Å². The van der Waals surface area contributed by atoms with Gasteiger partial charge in [0, 0.05) is 6.61 Å². The van der Waals surface area contributed by atoms with Gasteiger partial charge in [0.25, 0.3) is 0 Å². The number of halogens is 1. The lowest BCUT2D eigenvalue weighted by Crippen LogP contribution is -2.16. The molecule has 0 N–H and O–H groups in total. The van der Waals surface area contributed by atoms with E-state index >= 15 is 0 Å². The van der Waals surface area contributed by atoms with E-state index in [9.17, 15) is 4.79 Å². The first kappa shape index (κ1) is 13.9. The van der Waals surface area contributed by atoms with Crippen LogP contribution in [-0.2, 0) is 9.53 Å². The molecule has 3 heteroatoms. The fourth-order valence-corrected chi connectivity index (χ4v) is 1.27. The number of hydrogen-bond acceptors (Lipinski definition) is 2. The molecule has 0 aromatic rings. The zero-order valence-corrected chi connectivity index (χ0v) is 9.98. The van der Waals surface area contributed by atoms with Crippen LogP contribution in [0.2, 0.25) is 0 Å². The van der Waals surface area contributed by atoms with Crippen LogP contribution in [0, 0.1) is 0 Å². The van der Waals surface area contributed by atoms with Crippen molar-refractivity contribution in [3.63, 3.8) is 0 Å². The van der Waals surface area contributed by atoms with Crippen LogP contribution >= 0.6 is 11.6 Å². The number of ether oxygens (including phenoxy) is 1. The third-order valence-corrected chi connectivity index (χ3v) is 2.49. The van der Waals surface area contributed by atoms with Gasteiger partial charge < -0.3 is 4.74 Å². The Morgan fingerprint density at radius 2 is 1.79 bits per heavy atom. The average molecular weight is 221 g/mol. The predicted octanol–water partition coefficient (Wildman–Crippen LogP) is 3.52. The Bertz CT molecular complexity index is 148. The van der Waals surface area contributed by atoms with Crippen LogP contribution in [0.1, 0.15) is 52.4 Å². The van der Waals surface area contributed by atoms with Crippen LogP contribution in [0.4, 0.5) is 0 Å². The van der Waals surface area contributed by atoms with Crippen LogP contribution in [0.3, 0.4) is 0 Å². The lowest BCUT2D eigenvalue weighted by atomic mass is 10.1. The van der Waals surface area contributed by atoms with E-state index in [0.717, 1.165) is 6.42 Å². The summed E-state index contributed by atoms with van der Waals surface area (Å²) in [4.78, 5) is 10.6. The second-order valence-corrected chi connectivity index (χ2v) is 3.96. The fraction of sp³-hybridized carbons (Fsp3) is 0.909. The zero-order valence-electron chi connectivity index (χ0n) is 9.22. The lowest BCUT2D eigenvalue weighted by molar-refractivity contribution is -0.121. The molecule has 84 valence electrons. The molecule has 0 bridgehead atoms. The molecule has 0 unspecified atom stereocenters. The molecular weight excluding hydrogens is 200 g/mol. The van der Waals surface area contributed by atoms with Crippen molar-refractivity contribution in [3.8, 4) is 0 Å². The van der Waals surface area contributed by atoms with Gasteiger partial charge >= 0.3 is 0 Å². The minimum absolute atomic E-state index is 0.406. The van der Waals surface area contributed by atoms with Gasteiger partial charge in [-0.25, -0.2) is 0 Å². The first-order chi connectivity index (χ1) is 6.68. The average Bonchev–Trinajstić information content (AvgIpc) is 2.16. The molecule has 0 heterocycles. The van der Waals surface area contributed by atoms with Gasteiger partial charge in [-0.1, -0.05) is 39.0 Å². The first-order valence-electron chi connectivity index (χ1n) is 5.49. The van der Waals surface area contributed by atoms with E-state index in [1.54, 1.807) is 6.92 Å². The molecule has 0 rings (SSSR count). The summed E-state index contributed by atoms with van der Waals surface area (Å²) in [7, 11) is 0. The summed E-state index contributed by atoms with van der Waals surface area (Å²) >= 11 is 5.25. The second kappa shape index (κ2) is 9.47. The molecule has 0 radical (unpaired) electrons. The summed E-state index contributed by atoms with van der Waals surface area (Å²) < 4.78 is 5.23. The molecule has 0 spiro atoms. The molecule has 0 amide bonds. The predicted molar refractivity (Wildman–Crippen MR) is 59.7 cm³/mol. The summed E-state index contributed by atoms with van der Waals surface area (Å²) in [5, 5.41) is -0.406. The smallest absolute Gasteiger partial charge is 0.250 e. The van der Waals surface area contributed by atoms with E-state index in [0.29, 0.717) is 6.61 Å². The first-order valence-corrected chi connectivity index (χ1v) is 5.87. The van der Waals surface area contributed by atoms with Crippen LogP contribution in [0.5, 0.6) is 0 Å². The Hall–Kier alpha value is -0.0800. The molecule has 0 aliphatic heterocycles. The number of carbonyl (C=O) groups excluding carboxylic acids is 1. The minimum atomic E-state index is -0.452. The van der Waals surface area contributed by atoms with Gasteiger partial charge in [0.15, 0.2) is 0 Å². The highest BCUT2D eigenvalue weighted by Gasteiger charge is 2.08. The molecule has 0 aromatic carbocycles. The third-order valence-electron chi connectivity index (χ3n) is 2.19. The molecule has 2 nitrogen and oxygen atoms in total. The van der Waals surface area contributed by atoms with Crippen molar-refractivity contribution >= 4 is 16.8 Å². The molecule has 0 saturated heterocycles. The van der Waals surface area contributed by atoms with Gasteiger partial charge in [0.2, 0.25) is 5.24 Å². The van der Waals surface area contributed by atoms with Crippen LogP contribution in [0.15, 0.2) is 0 Å². The van der Waals surface area contributed by atoms with E-state index in [4.69, 9.17) is 16.3 Å². The zero-order chi connectivity index (χ0) is 10.8. The Balaban J connectivity index is 3.09. The quantitative estimate of drug-likeness (QED) is 0.439. The van der Waals surface area contributed by atoms with Crippen LogP contribution in [0.25, 0.3) is 0 Å². The second-order valence-electron chi connectivity index (χ2n) is 3.58. The molecule has 0 fully saturated rings. The van der Waals surface area contributed by atoms with Gasteiger partial charge in [-0.05, 0) is 24.9 Å². The Morgan fingerprint density at radius 1 is 1.21 bits per heavy atom. The number of carbonyl (C=O) groups is 1. The summed E-state index contributed by atoms with van der Waals surface area (Å²) in [6.07, 6.45) is 6.92. The normalized spacial score (nSPS) is 12.8. The van der Waals surface area contributed by atoms with Crippen molar-refractivity contribution in [2.24, 2.45) is 0 Å². The van der Waals surface area contributed by atoms with Crippen molar-refractivity contribution in [3.05, 3.63) is 0 Å². The molecule has 14 heavy (non-hydrogen) atoms. The van der Waals surface area contributed by atoms with Crippen molar-refractivity contribution < 1.29 is 9.53 Å². The standard InChI is InChI=1S/C11H21ClO2/c1-3-4-5-6-7-8-9-14-10(2)11(12)13/h10H,3-9H2,1-2H3/t10-/m0/s1. The van der Waals surface area contributed by atoms with Crippen LogP contribution < -0.4 is 0 Å². The lowest BCUT2D eigenvalue weighted by Gasteiger charge is -2.07. The molecule has 0 aromatic heterocycles. The van der Waals surface area contributed by atoms with Crippen molar-refractivity contribution in [2.75, 3.05) is 6.61 Å². The maximum Gasteiger partial charge on any atom is 0.250 e. The van der Waals surface area contributed by atoms with E-state index in [2.05, 4.69) is 6.92 Å². The topological polar surface area (TPSA) is 26.3 Å². The number of rotatable bonds is 9. The molecular formula is C11H21ClO2. The van der Waals surface area contributed by atoms with E-state index in [1.165, 1.54) is 32.1 Å². The largest absolute Gasteiger partial charge is 0.369 e. The Labute approximate surface area is 92.0 Å². The van der Waals surface area contributed by atoms with Crippen LogP contribution in [-0.4, -0.2) is 18.0 Å². The summed E-state index contributed by atoms with van der Waals surface area (Å²) in [5.41, 5.74) is 0. The monoisotopic (exact) mass is 220 g/mol. The van der Waals surface area contributed by atoms with Gasteiger partial charge in [-0.3, -0.25) is 4.79 Å².